The summed E-state index contributed by atoms with van der Waals surface area (Å²) in [5.74, 6) is -1.57. The van der Waals surface area contributed by atoms with Crippen molar-refractivity contribution in [3.05, 3.63) is 35.9 Å². The van der Waals surface area contributed by atoms with Gasteiger partial charge in [0.1, 0.15) is 0 Å². The number of nitrogens with zero attached hydrogens (tertiary/aromatic N) is 2. The van der Waals surface area contributed by atoms with Crippen LogP contribution in [-0.4, -0.2) is 128 Å². The van der Waals surface area contributed by atoms with Gasteiger partial charge in [0.25, 0.3) is 0 Å². The number of benzene rings is 1. The summed E-state index contributed by atoms with van der Waals surface area (Å²) < 4.78 is 11.8. The zero-order valence-electron chi connectivity index (χ0n) is 32.9. The Morgan fingerprint density at radius 3 is 2.18 bits per heavy atom. The number of hydrogen-bond donors (Lipinski definition) is 5. The fourth-order valence-corrected chi connectivity index (χ4v) is 6.31. The summed E-state index contributed by atoms with van der Waals surface area (Å²) in [6.45, 7) is 13.6. The predicted molar refractivity (Wildman–Crippen MR) is 199 cm³/mol. The highest BCUT2D eigenvalue weighted by Gasteiger charge is 2.42. The van der Waals surface area contributed by atoms with Crippen molar-refractivity contribution < 1.29 is 38.9 Å². The van der Waals surface area contributed by atoms with Crippen LogP contribution in [0.1, 0.15) is 92.2 Å². The minimum atomic E-state index is -0.871. The van der Waals surface area contributed by atoms with Crippen molar-refractivity contribution >= 4 is 23.6 Å². The number of hydrogen-bond acceptors (Lipinski definition) is 9. The lowest BCUT2D eigenvalue weighted by atomic mass is 9.90. The van der Waals surface area contributed by atoms with Crippen molar-refractivity contribution in [3.63, 3.8) is 0 Å². The maximum Gasteiger partial charge on any atom is 0.242 e. The Balaban J connectivity index is 0.00000308. The average Bonchev–Trinajstić information content (AvgIpc) is 3.62. The van der Waals surface area contributed by atoms with Crippen molar-refractivity contribution in [1.82, 2.24) is 25.8 Å². The van der Waals surface area contributed by atoms with Gasteiger partial charge in [-0.3, -0.25) is 19.2 Å². The maximum atomic E-state index is 13.9. The van der Waals surface area contributed by atoms with E-state index in [2.05, 4.69) is 16.0 Å². The third-order valence-corrected chi connectivity index (χ3v) is 10.1. The first-order chi connectivity index (χ1) is 24.1. The summed E-state index contributed by atoms with van der Waals surface area (Å²) in [5, 5.41) is 27.2. The molecular weight excluding hydrogens is 654 g/mol. The lowest BCUT2D eigenvalue weighted by molar-refractivity contribution is -0.146. The summed E-state index contributed by atoms with van der Waals surface area (Å²) in [6.07, 6.45) is 1.07. The monoisotopic (exact) mass is 721 g/mol. The molecule has 1 aromatic carbocycles. The van der Waals surface area contributed by atoms with Gasteiger partial charge >= 0.3 is 0 Å². The van der Waals surface area contributed by atoms with Crippen LogP contribution >= 0.6 is 0 Å². The van der Waals surface area contributed by atoms with Crippen LogP contribution < -0.4 is 16.0 Å². The molecule has 1 fully saturated rings. The third-order valence-electron chi connectivity index (χ3n) is 10.1. The zero-order valence-corrected chi connectivity index (χ0v) is 32.9. The summed E-state index contributed by atoms with van der Waals surface area (Å²) in [5.41, 5.74) is -0.121. The lowest BCUT2D eigenvalue weighted by Gasteiger charge is -2.39. The van der Waals surface area contributed by atoms with E-state index in [1.807, 2.05) is 51.1 Å². The summed E-state index contributed by atoms with van der Waals surface area (Å²) in [6, 6.07) is 7.89. The Hall–Kier alpha value is -3.10. The van der Waals surface area contributed by atoms with Crippen LogP contribution in [0.15, 0.2) is 30.3 Å². The molecule has 1 saturated heterocycles. The van der Waals surface area contributed by atoms with Crippen LogP contribution in [0.25, 0.3) is 0 Å². The zero-order chi connectivity index (χ0) is 38.9. The minimum absolute atomic E-state index is 0.00388. The molecule has 0 bridgehead atoms. The molecule has 8 unspecified atom stereocenters. The van der Waals surface area contributed by atoms with Crippen LogP contribution in [-0.2, 0) is 28.7 Å². The molecule has 0 saturated carbocycles. The van der Waals surface area contributed by atoms with Crippen LogP contribution in [0.4, 0.5) is 0 Å². The van der Waals surface area contributed by atoms with Crippen molar-refractivity contribution in [2.75, 3.05) is 48.0 Å². The second-order valence-electron chi connectivity index (χ2n) is 14.1. The SMILES string of the molecule is CCC(C)C(C(CC(=O)N1CCCC1C(OC)C(C)C(=O)NC(C)C(O)c1ccccc1)OC)N(C)C(=O)CNC(=O)C(C)(C)NC.CCCO. The number of likely N-dealkylation sites (tertiary alicyclic amines) is 1. The molecular formula is C38H67N5O8. The number of nitrogens with one attached hydrogen (secondary N) is 3. The molecule has 1 aromatic rings. The first-order valence-electron chi connectivity index (χ1n) is 18.3. The van der Waals surface area contributed by atoms with E-state index in [9.17, 15) is 24.3 Å². The van der Waals surface area contributed by atoms with Gasteiger partial charge in [-0.2, -0.15) is 0 Å². The van der Waals surface area contributed by atoms with Gasteiger partial charge in [-0.25, -0.2) is 0 Å². The van der Waals surface area contributed by atoms with Crippen LogP contribution in [0.2, 0.25) is 0 Å². The first kappa shape index (κ1) is 45.9. The van der Waals surface area contributed by atoms with Gasteiger partial charge in [-0.05, 0) is 58.6 Å². The van der Waals surface area contributed by atoms with Gasteiger partial charge in [0, 0.05) is 34.4 Å². The fraction of sp³-hybridized carbons (Fsp3) is 0.737. The molecule has 0 aromatic heterocycles. The molecule has 0 spiro atoms. The van der Waals surface area contributed by atoms with Gasteiger partial charge in [0.05, 0.1) is 60.9 Å². The number of methoxy groups -OCH3 is 2. The highest BCUT2D eigenvalue weighted by molar-refractivity contribution is 5.89. The number of aliphatic hydroxyl groups is 2. The first-order valence-corrected chi connectivity index (χ1v) is 18.3. The predicted octanol–water partition coefficient (Wildman–Crippen LogP) is 2.65. The normalized spacial score (nSPS) is 18.6. The number of ether oxygens (including phenoxy) is 2. The van der Waals surface area contributed by atoms with E-state index in [0.717, 1.165) is 19.3 Å². The highest BCUT2D eigenvalue weighted by atomic mass is 16.5. The lowest BCUT2D eigenvalue weighted by Crippen LogP contribution is -2.56. The van der Waals surface area contributed by atoms with E-state index in [1.54, 1.807) is 65.8 Å². The minimum Gasteiger partial charge on any atom is -0.396 e. The molecule has 2 rings (SSSR count). The Labute approximate surface area is 306 Å². The topological polar surface area (TPSA) is 170 Å². The standard InChI is InChI=1S/C35H59N5O7.C3H8O/c1-11-22(2)30(39(8)29(42)21-37-34(45)35(5,6)36-7)27(46-9)20-28(41)40-19-15-18-26(40)32(47-10)23(3)33(44)38-24(4)31(43)25-16-13-12-14-17-25;1-2-3-4/h12-14,16-17,22-24,26-27,30-32,36,43H,11,15,18-21H2,1-10H3,(H,37,45)(H,38,44);4H,2-3H2,1H3. The molecule has 13 nitrogen and oxygen atoms in total. The van der Waals surface area contributed by atoms with Crippen LogP contribution in [0.3, 0.4) is 0 Å². The summed E-state index contributed by atoms with van der Waals surface area (Å²) in [7, 11) is 6.45. The fourth-order valence-electron chi connectivity index (χ4n) is 6.31. The molecule has 1 heterocycles. The van der Waals surface area contributed by atoms with Gasteiger partial charge in [-0.1, -0.05) is 64.4 Å². The molecule has 0 radical (unpaired) electrons. The maximum absolute atomic E-state index is 13.9. The van der Waals surface area contributed by atoms with Gasteiger partial charge in [0.2, 0.25) is 23.6 Å². The summed E-state index contributed by atoms with van der Waals surface area (Å²) >= 11 is 0. The highest BCUT2D eigenvalue weighted by Crippen LogP contribution is 2.29. The Morgan fingerprint density at radius 2 is 1.67 bits per heavy atom. The Bertz CT molecular complexity index is 1200. The Kier molecular flexibility index (Phi) is 20.5. The molecule has 4 amide bonds. The molecule has 0 aliphatic carbocycles. The summed E-state index contributed by atoms with van der Waals surface area (Å²) in [4.78, 5) is 56.5. The quantitative estimate of drug-likeness (QED) is 0.144. The van der Waals surface area contributed by atoms with E-state index in [0.29, 0.717) is 25.1 Å². The number of carbonyl (C=O) groups is 4. The third kappa shape index (κ3) is 13.4. The van der Waals surface area contributed by atoms with Crippen molar-refractivity contribution in [2.24, 2.45) is 11.8 Å². The largest absolute Gasteiger partial charge is 0.396 e. The van der Waals surface area contributed by atoms with E-state index < -0.39 is 41.9 Å². The second-order valence-corrected chi connectivity index (χ2v) is 14.1. The second kappa shape index (κ2) is 22.8. The van der Waals surface area contributed by atoms with Crippen molar-refractivity contribution in [2.45, 2.75) is 123 Å². The number of carbonyl (C=O) groups excluding carboxylic acids is 4. The van der Waals surface area contributed by atoms with Crippen LogP contribution in [0.5, 0.6) is 0 Å². The Morgan fingerprint density at radius 1 is 1.06 bits per heavy atom. The smallest absolute Gasteiger partial charge is 0.242 e. The van der Waals surface area contributed by atoms with Crippen LogP contribution in [0, 0.1) is 11.8 Å². The number of likely N-dealkylation sites (N-methyl/N-ethyl adjacent to an activating group) is 2. The van der Waals surface area contributed by atoms with E-state index in [1.165, 1.54) is 0 Å². The molecule has 51 heavy (non-hydrogen) atoms. The number of rotatable bonds is 19. The van der Waals surface area contributed by atoms with Crippen molar-refractivity contribution in [3.8, 4) is 0 Å². The van der Waals surface area contributed by atoms with E-state index >= 15 is 0 Å². The molecule has 5 N–H and O–H groups in total. The van der Waals surface area contributed by atoms with E-state index in [4.69, 9.17) is 14.6 Å². The van der Waals surface area contributed by atoms with E-state index in [-0.39, 0.29) is 48.6 Å². The average molecular weight is 722 g/mol. The van der Waals surface area contributed by atoms with Crippen molar-refractivity contribution in [1.29, 1.82) is 0 Å². The number of aliphatic hydroxyl groups excluding tert-OH is 2. The molecule has 1 aliphatic heterocycles. The van der Waals surface area contributed by atoms with Gasteiger partial charge in [0.15, 0.2) is 0 Å². The molecule has 292 valence electrons. The van der Waals surface area contributed by atoms with Gasteiger partial charge < -0.3 is 45.4 Å². The number of amides is 4. The molecule has 1 aliphatic rings. The molecule has 8 atom stereocenters. The van der Waals surface area contributed by atoms with Gasteiger partial charge in [-0.15, -0.1) is 0 Å². The molecule has 13 heteroatoms.